The predicted octanol–water partition coefficient (Wildman–Crippen LogP) is 3.56. The number of carbonyl (C=O) groups is 1. The number of pyridine rings is 1. The van der Waals surface area contributed by atoms with E-state index in [1.807, 2.05) is 0 Å². The minimum Gasteiger partial charge on any atom is -0.462 e. The van der Waals surface area contributed by atoms with Gasteiger partial charge in [-0.05, 0) is 56.5 Å². The highest BCUT2D eigenvalue weighted by Gasteiger charge is 2.26. The second-order valence-corrected chi connectivity index (χ2v) is 9.87. The van der Waals surface area contributed by atoms with Crippen LogP contribution in [0.25, 0.3) is 11.3 Å². The first-order chi connectivity index (χ1) is 17.6. The molecule has 1 aromatic carbocycles. The van der Waals surface area contributed by atoms with E-state index in [2.05, 4.69) is 15.3 Å². The van der Waals surface area contributed by atoms with Crippen LogP contribution in [0.4, 0.5) is 10.3 Å². The molecule has 0 aliphatic carbocycles. The van der Waals surface area contributed by atoms with Gasteiger partial charge < -0.3 is 25.1 Å². The Hall–Kier alpha value is -3.34. The van der Waals surface area contributed by atoms with E-state index in [4.69, 9.17) is 26.8 Å². The summed E-state index contributed by atoms with van der Waals surface area (Å²) in [5.41, 5.74) is 5.77. The first kappa shape index (κ1) is 26.7. The molecule has 9 nitrogen and oxygen atoms in total. The van der Waals surface area contributed by atoms with E-state index in [-0.39, 0.29) is 17.7 Å². The largest absolute Gasteiger partial charge is 0.462 e. The number of nitrogens with zero attached hydrogens (tertiary/aromatic N) is 3. The number of hydrogen-bond donors (Lipinski definition) is 2. The molecule has 11 heteroatoms. The average Bonchev–Trinajstić information content (AvgIpc) is 2.87. The molecule has 0 bridgehead atoms. The molecular weight excluding hydrogens is 501 g/mol. The van der Waals surface area contributed by atoms with Crippen LogP contribution in [0.5, 0.6) is 0 Å². The first-order valence-corrected chi connectivity index (χ1v) is 12.3. The second-order valence-electron chi connectivity index (χ2n) is 9.47. The number of ether oxygens (including phenoxy) is 2. The molecule has 1 aliphatic rings. The average molecular weight is 530 g/mol. The van der Waals surface area contributed by atoms with Gasteiger partial charge in [-0.25, -0.2) is 14.4 Å². The van der Waals surface area contributed by atoms with Crippen molar-refractivity contribution in [3.05, 3.63) is 75.5 Å². The quantitative estimate of drug-likeness (QED) is 0.425. The third-order valence-corrected chi connectivity index (χ3v) is 6.32. The van der Waals surface area contributed by atoms with Crippen molar-refractivity contribution in [1.82, 2.24) is 14.5 Å². The summed E-state index contributed by atoms with van der Waals surface area (Å²) in [6.45, 7) is 4.17. The molecule has 1 aliphatic heterocycles. The molecule has 1 saturated heterocycles. The summed E-state index contributed by atoms with van der Waals surface area (Å²) >= 11 is 5.84. The van der Waals surface area contributed by atoms with Gasteiger partial charge in [0.05, 0.1) is 16.8 Å². The molecule has 196 valence electrons. The Kier molecular flexibility index (Phi) is 8.21. The zero-order valence-electron chi connectivity index (χ0n) is 20.6. The van der Waals surface area contributed by atoms with E-state index >= 15 is 0 Å². The van der Waals surface area contributed by atoms with E-state index in [1.165, 1.54) is 36.6 Å². The smallest absolute Gasteiger partial charge is 0.325 e. The van der Waals surface area contributed by atoms with Crippen molar-refractivity contribution in [3.8, 4) is 11.3 Å². The number of nitrogens with one attached hydrogen (secondary N) is 1. The lowest BCUT2D eigenvalue weighted by atomic mass is 10.1. The standard InChI is InChI=1S/C26H29ClFN5O4/c1-26(2,29)24(35)37-15-22(17-3-4-19(27)20(28)13-17)33-10-6-16(14-23(33)34)21-5-9-30-25(32-21)31-18-7-11-36-12-8-18/h3-6,9-10,13-14,18,22H,7-8,11-12,15,29H2,1-2H3,(H,30,31,32). The van der Waals surface area contributed by atoms with Gasteiger partial charge in [-0.1, -0.05) is 17.7 Å². The highest BCUT2D eigenvalue weighted by Crippen LogP contribution is 2.25. The molecule has 0 radical (unpaired) electrons. The van der Waals surface area contributed by atoms with Crippen molar-refractivity contribution in [2.45, 2.75) is 44.3 Å². The Morgan fingerprint density at radius 3 is 2.73 bits per heavy atom. The maximum absolute atomic E-state index is 14.3. The van der Waals surface area contributed by atoms with Crippen LogP contribution in [0.3, 0.4) is 0 Å². The van der Waals surface area contributed by atoms with Gasteiger partial charge in [0, 0.05) is 43.3 Å². The molecule has 3 heterocycles. The molecule has 2 aromatic heterocycles. The third-order valence-electron chi connectivity index (χ3n) is 6.02. The molecule has 1 unspecified atom stereocenters. The van der Waals surface area contributed by atoms with E-state index in [1.54, 1.807) is 30.6 Å². The maximum atomic E-state index is 14.3. The number of nitrogens with two attached hydrogens (primary N) is 1. The minimum atomic E-state index is -1.23. The molecule has 0 saturated carbocycles. The zero-order chi connectivity index (χ0) is 26.6. The SMILES string of the molecule is CC(C)(N)C(=O)OCC(c1ccc(Cl)c(F)c1)n1ccc(-c2ccnc(NC3CCOCC3)n2)cc1=O. The van der Waals surface area contributed by atoms with Gasteiger partial charge in [-0.15, -0.1) is 0 Å². The number of hydrogen-bond acceptors (Lipinski definition) is 8. The van der Waals surface area contributed by atoms with Crippen molar-refractivity contribution >= 4 is 23.5 Å². The monoisotopic (exact) mass is 529 g/mol. The number of halogens is 2. The van der Waals surface area contributed by atoms with E-state index < -0.39 is 28.9 Å². The normalized spacial score (nSPS) is 15.3. The molecule has 3 aromatic rings. The van der Waals surface area contributed by atoms with E-state index in [0.717, 1.165) is 12.8 Å². The summed E-state index contributed by atoms with van der Waals surface area (Å²) in [4.78, 5) is 34.4. The first-order valence-electron chi connectivity index (χ1n) is 11.9. The van der Waals surface area contributed by atoms with E-state index in [0.29, 0.717) is 36.0 Å². The molecule has 37 heavy (non-hydrogen) atoms. The van der Waals surface area contributed by atoms with Crippen LogP contribution in [0.1, 0.15) is 38.3 Å². The number of anilines is 1. The molecule has 0 amide bonds. The highest BCUT2D eigenvalue weighted by atomic mass is 35.5. The topological polar surface area (TPSA) is 121 Å². The van der Waals surface area contributed by atoms with Crippen LogP contribution in [-0.4, -0.2) is 51.9 Å². The van der Waals surface area contributed by atoms with Crippen LogP contribution >= 0.6 is 11.6 Å². The van der Waals surface area contributed by atoms with Crippen LogP contribution in [0, 0.1) is 5.82 Å². The van der Waals surface area contributed by atoms with Gasteiger partial charge in [0.25, 0.3) is 5.56 Å². The number of esters is 1. The molecule has 1 fully saturated rings. The summed E-state index contributed by atoms with van der Waals surface area (Å²) in [5, 5.41) is 3.26. The van der Waals surface area contributed by atoms with Crippen molar-refractivity contribution in [2.24, 2.45) is 5.73 Å². The number of aromatic nitrogens is 3. The van der Waals surface area contributed by atoms with E-state index in [9.17, 15) is 14.0 Å². The Labute approximate surface area is 218 Å². The van der Waals surface area contributed by atoms with Crippen LogP contribution in [0.2, 0.25) is 5.02 Å². The van der Waals surface area contributed by atoms with Gasteiger partial charge in [0.15, 0.2) is 0 Å². The van der Waals surface area contributed by atoms with Gasteiger partial charge in [0.2, 0.25) is 5.95 Å². The fraction of sp³-hybridized carbons (Fsp3) is 0.385. The summed E-state index contributed by atoms with van der Waals surface area (Å²) < 4.78 is 26.4. The summed E-state index contributed by atoms with van der Waals surface area (Å²) in [6, 6.07) is 8.45. The minimum absolute atomic E-state index is 0.0563. The number of benzene rings is 1. The molecule has 0 spiro atoms. The second kappa shape index (κ2) is 11.4. The third kappa shape index (κ3) is 6.71. The lowest BCUT2D eigenvalue weighted by molar-refractivity contribution is -0.149. The molecular formula is C26H29ClFN5O4. The van der Waals surface area contributed by atoms with Gasteiger partial charge in [0.1, 0.15) is 18.0 Å². The number of rotatable bonds is 8. The van der Waals surface area contributed by atoms with Crippen molar-refractivity contribution < 1.29 is 18.7 Å². The fourth-order valence-corrected chi connectivity index (χ4v) is 4.04. The fourth-order valence-electron chi connectivity index (χ4n) is 3.92. The lowest BCUT2D eigenvalue weighted by Gasteiger charge is -2.24. The molecule has 1 atom stereocenters. The van der Waals surface area contributed by atoms with Gasteiger partial charge >= 0.3 is 5.97 Å². The lowest BCUT2D eigenvalue weighted by Crippen LogP contribution is -2.43. The van der Waals surface area contributed by atoms with Crippen molar-refractivity contribution in [1.29, 1.82) is 0 Å². The maximum Gasteiger partial charge on any atom is 0.325 e. The Balaban J connectivity index is 1.62. The van der Waals surface area contributed by atoms with Crippen molar-refractivity contribution in [3.63, 3.8) is 0 Å². The van der Waals surface area contributed by atoms with Gasteiger partial charge in [-0.2, -0.15) is 0 Å². The molecule has 3 N–H and O–H groups in total. The van der Waals surface area contributed by atoms with Crippen LogP contribution < -0.4 is 16.6 Å². The Morgan fingerprint density at radius 2 is 2.05 bits per heavy atom. The molecule has 4 rings (SSSR count). The highest BCUT2D eigenvalue weighted by molar-refractivity contribution is 6.30. The zero-order valence-corrected chi connectivity index (χ0v) is 21.4. The summed E-state index contributed by atoms with van der Waals surface area (Å²) in [7, 11) is 0. The van der Waals surface area contributed by atoms with Crippen molar-refractivity contribution in [2.75, 3.05) is 25.1 Å². The van der Waals surface area contributed by atoms with Crippen LogP contribution in [0.15, 0.2) is 53.6 Å². The summed E-state index contributed by atoms with van der Waals surface area (Å²) in [6.07, 6.45) is 4.91. The predicted molar refractivity (Wildman–Crippen MR) is 138 cm³/mol. The Morgan fingerprint density at radius 1 is 1.30 bits per heavy atom. The Bertz CT molecular complexity index is 1320. The number of carbonyl (C=O) groups excluding carboxylic acids is 1. The van der Waals surface area contributed by atoms with Gasteiger partial charge in [-0.3, -0.25) is 9.59 Å². The summed E-state index contributed by atoms with van der Waals surface area (Å²) in [5.74, 6) is -0.827. The van der Waals surface area contributed by atoms with Crippen LogP contribution in [-0.2, 0) is 14.3 Å².